The van der Waals surface area contributed by atoms with Crippen LogP contribution in [0.15, 0.2) is 0 Å². The second-order valence-electron chi connectivity index (χ2n) is 5.81. The highest BCUT2D eigenvalue weighted by atomic mass is 14.9. The van der Waals surface area contributed by atoms with Gasteiger partial charge in [-0.25, -0.2) is 0 Å². The lowest BCUT2D eigenvalue weighted by atomic mass is 9.69. The normalized spacial score (nSPS) is 28.3. The van der Waals surface area contributed by atoms with Gasteiger partial charge in [-0.15, -0.1) is 0 Å². The van der Waals surface area contributed by atoms with Crippen molar-refractivity contribution in [2.45, 2.75) is 72.3 Å². The van der Waals surface area contributed by atoms with Crippen LogP contribution in [0.2, 0.25) is 0 Å². The molecule has 1 saturated carbocycles. The van der Waals surface area contributed by atoms with Gasteiger partial charge in [-0.2, -0.15) is 0 Å². The van der Waals surface area contributed by atoms with E-state index < -0.39 is 0 Å². The minimum atomic E-state index is 0.780. The van der Waals surface area contributed by atoms with Crippen LogP contribution in [-0.2, 0) is 0 Å². The fourth-order valence-corrected chi connectivity index (χ4v) is 3.56. The van der Waals surface area contributed by atoms with Crippen LogP contribution in [-0.4, -0.2) is 12.6 Å². The van der Waals surface area contributed by atoms with Crippen molar-refractivity contribution >= 4 is 0 Å². The van der Waals surface area contributed by atoms with Gasteiger partial charge >= 0.3 is 0 Å². The monoisotopic (exact) mass is 225 g/mol. The van der Waals surface area contributed by atoms with Gasteiger partial charge in [-0.1, -0.05) is 47.0 Å². The van der Waals surface area contributed by atoms with Crippen molar-refractivity contribution in [3.63, 3.8) is 0 Å². The molecule has 0 spiro atoms. The fraction of sp³-hybridized carbons (Fsp3) is 1.00. The van der Waals surface area contributed by atoms with Crippen molar-refractivity contribution in [2.75, 3.05) is 6.54 Å². The van der Waals surface area contributed by atoms with Gasteiger partial charge in [0.1, 0.15) is 0 Å². The maximum absolute atomic E-state index is 3.74. The molecule has 0 aromatic rings. The molecular formula is C15H31N. The predicted molar refractivity (Wildman–Crippen MR) is 72.7 cm³/mol. The zero-order chi connectivity index (χ0) is 12.0. The molecule has 1 N–H and O–H groups in total. The van der Waals surface area contributed by atoms with Gasteiger partial charge in [-0.05, 0) is 43.6 Å². The number of nitrogens with one attached hydrogen (secondary N) is 1. The van der Waals surface area contributed by atoms with Crippen molar-refractivity contribution in [1.82, 2.24) is 5.32 Å². The maximum atomic E-state index is 3.74. The summed E-state index contributed by atoms with van der Waals surface area (Å²) >= 11 is 0. The number of hydrogen-bond donors (Lipinski definition) is 1. The minimum absolute atomic E-state index is 0.780. The standard InChI is InChI=1S/C15H31N/c1-5-9-15(16-6-2)14-11-8-7-10-13(14)12(3)4/h12-16H,5-11H2,1-4H3. The zero-order valence-electron chi connectivity index (χ0n) is 11.8. The highest BCUT2D eigenvalue weighted by Crippen LogP contribution is 2.38. The maximum Gasteiger partial charge on any atom is 0.00978 e. The third-order valence-corrected chi connectivity index (χ3v) is 4.31. The summed E-state index contributed by atoms with van der Waals surface area (Å²) in [5, 5.41) is 3.74. The molecule has 0 bridgehead atoms. The molecule has 1 rings (SSSR count). The van der Waals surface area contributed by atoms with Gasteiger partial charge < -0.3 is 5.32 Å². The number of rotatable bonds is 6. The Morgan fingerprint density at radius 3 is 2.19 bits per heavy atom. The largest absolute Gasteiger partial charge is 0.314 e. The molecule has 1 fully saturated rings. The summed E-state index contributed by atoms with van der Waals surface area (Å²) in [5.74, 6) is 2.77. The first kappa shape index (κ1) is 14.0. The van der Waals surface area contributed by atoms with Gasteiger partial charge in [0.05, 0.1) is 0 Å². The van der Waals surface area contributed by atoms with Crippen molar-refractivity contribution in [3.05, 3.63) is 0 Å². The Labute approximate surface area is 102 Å². The third kappa shape index (κ3) is 3.76. The third-order valence-electron chi connectivity index (χ3n) is 4.31. The van der Waals surface area contributed by atoms with E-state index in [2.05, 4.69) is 33.0 Å². The van der Waals surface area contributed by atoms with Crippen LogP contribution < -0.4 is 5.32 Å². The van der Waals surface area contributed by atoms with Crippen LogP contribution in [0.3, 0.4) is 0 Å². The van der Waals surface area contributed by atoms with Crippen molar-refractivity contribution < 1.29 is 0 Å². The molecule has 3 atom stereocenters. The fourth-order valence-electron chi connectivity index (χ4n) is 3.56. The van der Waals surface area contributed by atoms with Crippen LogP contribution in [0.25, 0.3) is 0 Å². The molecule has 1 aliphatic rings. The SMILES string of the molecule is CCCC(NCC)C1CCCCC1C(C)C. The van der Waals surface area contributed by atoms with Crippen molar-refractivity contribution in [3.8, 4) is 0 Å². The summed E-state index contributed by atoms with van der Waals surface area (Å²) in [4.78, 5) is 0. The smallest absolute Gasteiger partial charge is 0.00978 e. The summed E-state index contributed by atoms with van der Waals surface area (Å²) < 4.78 is 0. The molecule has 0 aliphatic heterocycles. The Morgan fingerprint density at radius 1 is 1.06 bits per heavy atom. The number of hydrogen-bond acceptors (Lipinski definition) is 1. The Morgan fingerprint density at radius 2 is 1.69 bits per heavy atom. The Kier molecular flexibility index (Phi) is 6.41. The van der Waals surface area contributed by atoms with Crippen LogP contribution in [0.4, 0.5) is 0 Å². The zero-order valence-corrected chi connectivity index (χ0v) is 11.8. The van der Waals surface area contributed by atoms with E-state index in [-0.39, 0.29) is 0 Å². The van der Waals surface area contributed by atoms with E-state index in [0.717, 1.165) is 30.3 Å². The summed E-state index contributed by atoms with van der Waals surface area (Å²) in [6.07, 6.45) is 8.53. The molecule has 1 heteroatoms. The van der Waals surface area contributed by atoms with E-state index in [4.69, 9.17) is 0 Å². The molecule has 0 heterocycles. The van der Waals surface area contributed by atoms with E-state index >= 15 is 0 Å². The van der Waals surface area contributed by atoms with Crippen LogP contribution in [0.5, 0.6) is 0 Å². The molecule has 1 nitrogen and oxygen atoms in total. The molecule has 0 aromatic heterocycles. The lowest BCUT2D eigenvalue weighted by Crippen LogP contribution is -2.42. The lowest BCUT2D eigenvalue weighted by Gasteiger charge is -2.40. The molecule has 0 amide bonds. The molecule has 0 aromatic carbocycles. The predicted octanol–water partition coefficient (Wildman–Crippen LogP) is 4.23. The summed E-state index contributed by atoms with van der Waals surface area (Å²) in [6.45, 7) is 10.5. The second-order valence-corrected chi connectivity index (χ2v) is 5.81. The Balaban J connectivity index is 2.62. The van der Waals surface area contributed by atoms with E-state index in [1.807, 2.05) is 0 Å². The molecular weight excluding hydrogens is 194 g/mol. The Hall–Kier alpha value is -0.0400. The summed E-state index contributed by atoms with van der Waals surface area (Å²) in [7, 11) is 0. The van der Waals surface area contributed by atoms with Gasteiger partial charge in [0, 0.05) is 6.04 Å². The van der Waals surface area contributed by atoms with Gasteiger partial charge in [0.15, 0.2) is 0 Å². The van der Waals surface area contributed by atoms with Crippen LogP contribution >= 0.6 is 0 Å². The highest BCUT2D eigenvalue weighted by molar-refractivity contribution is 4.86. The first-order valence-electron chi connectivity index (χ1n) is 7.44. The Bertz CT molecular complexity index is 170. The molecule has 16 heavy (non-hydrogen) atoms. The van der Waals surface area contributed by atoms with Crippen molar-refractivity contribution in [1.29, 1.82) is 0 Å². The average molecular weight is 225 g/mol. The van der Waals surface area contributed by atoms with E-state index in [1.165, 1.54) is 38.5 Å². The lowest BCUT2D eigenvalue weighted by molar-refractivity contribution is 0.133. The summed E-state index contributed by atoms with van der Waals surface area (Å²) in [6, 6.07) is 0.780. The highest BCUT2D eigenvalue weighted by Gasteiger charge is 2.32. The second kappa shape index (κ2) is 7.32. The van der Waals surface area contributed by atoms with E-state index in [9.17, 15) is 0 Å². The van der Waals surface area contributed by atoms with Crippen LogP contribution in [0.1, 0.15) is 66.2 Å². The van der Waals surface area contributed by atoms with Crippen LogP contribution in [0, 0.1) is 17.8 Å². The topological polar surface area (TPSA) is 12.0 Å². The van der Waals surface area contributed by atoms with Gasteiger partial charge in [0.2, 0.25) is 0 Å². The van der Waals surface area contributed by atoms with E-state index in [0.29, 0.717) is 0 Å². The molecule has 96 valence electrons. The molecule has 3 unspecified atom stereocenters. The minimum Gasteiger partial charge on any atom is -0.314 e. The molecule has 0 saturated heterocycles. The first-order valence-corrected chi connectivity index (χ1v) is 7.44. The molecule has 0 radical (unpaired) electrons. The first-order chi connectivity index (χ1) is 7.70. The van der Waals surface area contributed by atoms with Crippen molar-refractivity contribution in [2.24, 2.45) is 17.8 Å². The molecule has 1 aliphatic carbocycles. The average Bonchev–Trinajstić information content (AvgIpc) is 2.29. The van der Waals surface area contributed by atoms with Gasteiger partial charge in [0.25, 0.3) is 0 Å². The summed E-state index contributed by atoms with van der Waals surface area (Å²) in [5.41, 5.74) is 0. The van der Waals surface area contributed by atoms with E-state index in [1.54, 1.807) is 0 Å². The van der Waals surface area contributed by atoms with Gasteiger partial charge in [-0.3, -0.25) is 0 Å². The quantitative estimate of drug-likeness (QED) is 0.713.